The molecule has 1 unspecified atom stereocenters. The number of nitrogens with zero attached hydrogens (tertiary/aromatic N) is 1. The molecule has 6 heteroatoms. The molecule has 150 valence electrons. The second-order valence-electron chi connectivity index (χ2n) is 8.41. The third-order valence-corrected chi connectivity index (χ3v) is 8.10. The van der Waals surface area contributed by atoms with Gasteiger partial charge in [-0.2, -0.15) is 0 Å². The van der Waals surface area contributed by atoms with E-state index in [2.05, 4.69) is 23.5 Å². The Morgan fingerprint density at radius 2 is 1.93 bits per heavy atom. The summed E-state index contributed by atoms with van der Waals surface area (Å²) in [6.45, 7) is 7.04. The van der Waals surface area contributed by atoms with Crippen molar-refractivity contribution in [2.24, 2.45) is 0 Å². The lowest BCUT2D eigenvalue weighted by Gasteiger charge is -2.39. The molecule has 3 rings (SSSR count). The minimum atomic E-state index is -3.13. The predicted molar refractivity (Wildman–Crippen MR) is 108 cm³/mol. The molecular weight excluding hydrogens is 360 g/mol. The third kappa shape index (κ3) is 4.21. The molecule has 1 N–H and O–H groups in total. The first-order chi connectivity index (χ1) is 12.8. The lowest BCUT2D eigenvalue weighted by atomic mass is 9.73. The van der Waals surface area contributed by atoms with Crippen molar-refractivity contribution < 1.29 is 13.2 Å². The zero-order valence-corrected chi connectivity index (χ0v) is 17.5. The molecule has 0 radical (unpaired) electrons. The van der Waals surface area contributed by atoms with Crippen LogP contribution in [0.15, 0.2) is 24.3 Å². The van der Waals surface area contributed by atoms with E-state index in [4.69, 9.17) is 0 Å². The number of carbonyl (C=O) groups is 1. The monoisotopic (exact) mass is 392 g/mol. The Hall–Kier alpha value is -1.40. The fourth-order valence-corrected chi connectivity index (χ4v) is 6.38. The molecule has 0 bridgehead atoms. The van der Waals surface area contributed by atoms with Crippen molar-refractivity contribution in [3.63, 3.8) is 0 Å². The van der Waals surface area contributed by atoms with Gasteiger partial charge in [-0.15, -0.1) is 0 Å². The van der Waals surface area contributed by atoms with Crippen molar-refractivity contribution in [1.82, 2.24) is 9.62 Å². The zero-order chi connectivity index (χ0) is 19.7. The van der Waals surface area contributed by atoms with Crippen LogP contribution in [0.25, 0.3) is 0 Å². The van der Waals surface area contributed by atoms with Crippen LogP contribution in [0.4, 0.5) is 0 Å². The van der Waals surface area contributed by atoms with Gasteiger partial charge in [0.15, 0.2) is 0 Å². The molecule has 1 fully saturated rings. The summed E-state index contributed by atoms with van der Waals surface area (Å²) in [6.07, 6.45) is 3.79. The van der Waals surface area contributed by atoms with E-state index in [0.717, 1.165) is 19.3 Å². The molecule has 1 aromatic rings. The molecule has 1 saturated heterocycles. The molecular formula is C21H32N2O3S. The van der Waals surface area contributed by atoms with Crippen LogP contribution in [0.2, 0.25) is 0 Å². The van der Waals surface area contributed by atoms with E-state index < -0.39 is 10.0 Å². The number of hydrogen-bond acceptors (Lipinski definition) is 3. The fraction of sp³-hybridized carbons (Fsp3) is 0.667. The Morgan fingerprint density at radius 1 is 1.26 bits per heavy atom. The number of benzene rings is 1. The SMILES string of the molecule is CCCS(=O)(=O)N1CCC2(CC1)CC(CC(=O)NC(C)C)c1ccccc12. The summed E-state index contributed by atoms with van der Waals surface area (Å²) in [7, 11) is -3.13. The second kappa shape index (κ2) is 7.92. The quantitative estimate of drug-likeness (QED) is 0.809. The molecule has 1 aliphatic heterocycles. The smallest absolute Gasteiger partial charge is 0.220 e. The maximum Gasteiger partial charge on any atom is 0.220 e. The van der Waals surface area contributed by atoms with Crippen molar-refractivity contribution >= 4 is 15.9 Å². The first-order valence-corrected chi connectivity index (χ1v) is 11.7. The highest BCUT2D eigenvalue weighted by molar-refractivity contribution is 7.89. The van der Waals surface area contributed by atoms with Gasteiger partial charge in [0, 0.05) is 25.6 Å². The van der Waals surface area contributed by atoms with Gasteiger partial charge in [0.05, 0.1) is 5.75 Å². The Balaban J connectivity index is 1.77. The molecule has 1 aromatic carbocycles. The Labute approximate surface area is 163 Å². The van der Waals surface area contributed by atoms with Crippen LogP contribution in [0, 0.1) is 0 Å². The molecule has 1 heterocycles. The van der Waals surface area contributed by atoms with Crippen molar-refractivity contribution in [3.05, 3.63) is 35.4 Å². The summed E-state index contributed by atoms with van der Waals surface area (Å²) in [5.41, 5.74) is 2.62. The van der Waals surface area contributed by atoms with E-state index in [1.807, 2.05) is 26.8 Å². The van der Waals surface area contributed by atoms with Gasteiger partial charge >= 0.3 is 0 Å². The molecule has 2 aliphatic rings. The van der Waals surface area contributed by atoms with Crippen LogP contribution in [-0.2, 0) is 20.2 Å². The number of fused-ring (bicyclic) bond motifs is 2. The number of piperidine rings is 1. The Morgan fingerprint density at radius 3 is 2.56 bits per heavy atom. The summed E-state index contributed by atoms with van der Waals surface area (Å²) >= 11 is 0. The normalized spacial score (nSPS) is 22.1. The van der Waals surface area contributed by atoms with Crippen molar-refractivity contribution in [3.8, 4) is 0 Å². The molecule has 1 spiro atoms. The standard InChI is InChI=1S/C21H32N2O3S/c1-4-13-27(25,26)23-11-9-21(10-12-23)15-17(14-20(24)22-16(2)3)18-7-5-6-8-19(18)21/h5-8,16-17H,4,9-15H2,1-3H3,(H,22,24). The van der Waals surface area contributed by atoms with Gasteiger partial charge < -0.3 is 5.32 Å². The van der Waals surface area contributed by atoms with E-state index in [1.165, 1.54) is 11.1 Å². The number of rotatable bonds is 6. The maximum atomic E-state index is 12.4. The van der Waals surface area contributed by atoms with Gasteiger partial charge in [-0.3, -0.25) is 4.79 Å². The second-order valence-corrected chi connectivity index (χ2v) is 10.5. The number of amides is 1. The van der Waals surface area contributed by atoms with Crippen LogP contribution in [0.1, 0.15) is 69.9 Å². The average Bonchev–Trinajstić information content (AvgIpc) is 2.88. The minimum absolute atomic E-state index is 0.0115. The van der Waals surface area contributed by atoms with Crippen LogP contribution in [0.5, 0.6) is 0 Å². The summed E-state index contributed by atoms with van der Waals surface area (Å²) < 4.78 is 26.5. The summed E-state index contributed by atoms with van der Waals surface area (Å²) in [4.78, 5) is 12.3. The summed E-state index contributed by atoms with van der Waals surface area (Å²) in [5.74, 6) is 0.553. The first-order valence-electron chi connectivity index (χ1n) is 10.1. The van der Waals surface area contributed by atoms with Crippen LogP contribution >= 0.6 is 0 Å². The van der Waals surface area contributed by atoms with Gasteiger partial charge in [0.2, 0.25) is 15.9 Å². The zero-order valence-electron chi connectivity index (χ0n) is 16.7. The Kier molecular flexibility index (Phi) is 5.96. The van der Waals surface area contributed by atoms with Gasteiger partial charge in [-0.25, -0.2) is 12.7 Å². The average molecular weight is 393 g/mol. The first kappa shape index (κ1) is 20.3. The fourth-order valence-electron chi connectivity index (χ4n) is 4.87. The highest BCUT2D eigenvalue weighted by atomic mass is 32.2. The molecule has 27 heavy (non-hydrogen) atoms. The molecule has 5 nitrogen and oxygen atoms in total. The molecule has 1 atom stereocenters. The largest absolute Gasteiger partial charge is 0.354 e. The van der Waals surface area contributed by atoms with Crippen molar-refractivity contribution in [2.75, 3.05) is 18.8 Å². The number of nitrogens with one attached hydrogen (secondary N) is 1. The van der Waals surface area contributed by atoms with E-state index in [-0.39, 0.29) is 29.0 Å². The van der Waals surface area contributed by atoms with Gasteiger partial charge in [0.1, 0.15) is 0 Å². The number of hydrogen-bond donors (Lipinski definition) is 1. The molecule has 0 aromatic heterocycles. The number of sulfonamides is 1. The highest BCUT2D eigenvalue weighted by Gasteiger charge is 2.46. The van der Waals surface area contributed by atoms with E-state index in [1.54, 1.807) is 4.31 Å². The van der Waals surface area contributed by atoms with Crippen LogP contribution in [-0.4, -0.2) is 43.5 Å². The number of carbonyl (C=O) groups excluding carboxylic acids is 1. The summed E-state index contributed by atoms with van der Waals surface area (Å²) in [5, 5.41) is 3.01. The van der Waals surface area contributed by atoms with Crippen molar-refractivity contribution in [2.45, 2.75) is 70.3 Å². The van der Waals surface area contributed by atoms with Crippen molar-refractivity contribution in [1.29, 1.82) is 0 Å². The molecule has 1 amide bonds. The van der Waals surface area contributed by atoms with Crippen LogP contribution in [0.3, 0.4) is 0 Å². The summed E-state index contributed by atoms with van der Waals surface area (Å²) in [6, 6.07) is 8.60. The minimum Gasteiger partial charge on any atom is -0.354 e. The van der Waals surface area contributed by atoms with Crippen LogP contribution < -0.4 is 5.32 Å². The highest BCUT2D eigenvalue weighted by Crippen LogP contribution is 2.52. The van der Waals surface area contributed by atoms with Gasteiger partial charge in [-0.05, 0) is 62.0 Å². The van der Waals surface area contributed by atoms with E-state index in [9.17, 15) is 13.2 Å². The topological polar surface area (TPSA) is 66.5 Å². The lowest BCUT2D eigenvalue weighted by molar-refractivity contribution is -0.122. The predicted octanol–water partition coefficient (Wildman–Crippen LogP) is 3.16. The van der Waals surface area contributed by atoms with Gasteiger partial charge in [-0.1, -0.05) is 31.2 Å². The third-order valence-electron chi connectivity index (χ3n) is 6.03. The maximum absolute atomic E-state index is 12.4. The van der Waals surface area contributed by atoms with Gasteiger partial charge in [0.25, 0.3) is 0 Å². The Bertz CT molecular complexity index is 780. The van der Waals surface area contributed by atoms with E-state index >= 15 is 0 Å². The molecule has 0 saturated carbocycles. The molecule has 1 aliphatic carbocycles. The van der Waals surface area contributed by atoms with E-state index in [0.29, 0.717) is 25.9 Å². The lowest BCUT2D eigenvalue weighted by Crippen LogP contribution is -2.45.